The lowest BCUT2D eigenvalue weighted by Gasteiger charge is -2.21. The molecule has 60 valence electrons. The summed E-state index contributed by atoms with van der Waals surface area (Å²) in [6.07, 6.45) is 3.09. The van der Waals surface area contributed by atoms with Gasteiger partial charge in [0.2, 0.25) is 0 Å². The van der Waals surface area contributed by atoms with Crippen molar-refractivity contribution in [2.75, 3.05) is 0 Å². The number of thiocyanates is 1. The Hall–Kier alpha value is -0.200. The highest BCUT2D eigenvalue weighted by molar-refractivity contribution is 8.04. The fourth-order valence-corrected chi connectivity index (χ4v) is 3.30. The van der Waals surface area contributed by atoms with Gasteiger partial charge < -0.3 is 5.11 Å². The number of rotatable bonds is 1. The first kappa shape index (κ1) is 7.45. The molecule has 2 rings (SSSR count). The molecule has 0 saturated heterocycles. The van der Waals surface area contributed by atoms with Crippen LogP contribution in [0.1, 0.15) is 19.3 Å². The van der Waals surface area contributed by atoms with Crippen LogP contribution in [0.2, 0.25) is 0 Å². The van der Waals surface area contributed by atoms with Crippen LogP contribution in [0.4, 0.5) is 0 Å². The average Bonchev–Trinajstić information content (AvgIpc) is 2.47. The second kappa shape index (κ2) is 2.69. The minimum atomic E-state index is -0.0597. The normalized spacial score (nSPS) is 47.6. The molecule has 11 heavy (non-hydrogen) atoms. The number of hydrogen-bond donors (Lipinski definition) is 1. The van der Waals surface area contributed by atoms with Crippen molar-refractivity contribution in [3.8, 4) is 5.40 Å². The molecule has 0 aromatic carbocycles. The molecular formula is C8H11NOS. The lowest BCUT2D eigenvalue weighted by atomic mass is 9.97. The molecule has 0 aromatic rings. The highest BCUT2D eigenvalue weighted by Gasteiger charge is 2.45. The first-order valence-corrected chi connectivity index (χ1v) is 4.92. The Morgan fingerprint density at radius 2 is 2.09 bits per heavy atom. The highest BCUT2D eigenvalue weighted by atomic mass is 32.2. The lowest BCUT2D eigenvalue weighted by molar-refractivity contribution is 0.115. The van der Waals surface area contributed by atoms with E-state index in [4.69, 9.17) is 5.26 Å². The van der Waals surface area contributed by atoms with Gasteiger partial charge in [0.05, 0.1) is 6.10 Å². The zero-order valence-corrected chi connectivity index (χ0v) is 7.05. The second-order valence-electron chi connectivity index (χ2n) is 3.54. The number of fused-ring (bicyclic) bond motifs is 2. The molecule has 0 spiro atoms. The summed E-state index contributed by atoms with van der Waals surface area (Å²) < 4.78 is 0. The van der Waals surface area contributed by atoms with Crippen molar-refractivity contribution in [3.63, 3.8) is 0 Å². The quantitative estimate of drug-likeness (QED) is 0.603. The number of hydrogen-bond acceptors (Lipinski definition) is 3. The smallest absolute Gasteiger partial charge is 0.133 e. The Morgan fingerprint density at radius 1 is 1.27 bits per heavy atom. The van der Waals surface area contributed by atoms with E-state index in [0.29, 0.717) is 17.1 Å². The zero-order chi connectivity index (χ0) is 7.84. The van der Waals surface area contributed by atoms with Crippen LogP contribution in [-0.4, -0.2) is 16.5 Å². The molecule has 2 aliphatic carbocycles. The molecule has 0 radical (unpaired) electrons. The van der Waals surface area contributed by atoms with E-state index in [9.17, 15) is 5.11 Å². The summed E-state index contributed by atoms with van der Waals surface area (Å²) in [5.41, 5.74) is 0. The van der Waals surface area contributed by atoms with Gasteiger partial charge in [0.15, 0.2) is 0 Å². The Bertz CT molecular complexity index is 199. The van der Waals surface area contributed by atoms with E-state index in [1.54, 1.807) is 0 Å². The largest absolute Gasteiger partial charge is 0.393 e. The fraction of sp³-hybridized carbons (Fsp3) is 0.875. The zero-order valence-electron chi connectivity index (χ0n) is 6.23. The molecular weight excluding hydrogens is 158 g/mol. The van der Waals surface area contributed by atoms with Gasteiger partial charge >= 0.3 is 0 Å². The summed E-state index contributed by atoms with van der Waals surface area (Å²) in [6.45, 7) is 0. The molecule has 0 amide bonds. The van der Waals surface area contributed by atoms with Crippen LogP contribution < -0.4 is 0 Å². The van der Waals surface area contributed by atoms with Gasteiger partial charge in [-0.1, -0.05) is 0 Å². The van der Waals surface area contributed by atoms with E-state index in [1.807, 2.05) is 0 Å². The Labute approximate surface area is 70.6 Å². The van der Waals surface area contributed by atoms with Crippen LogP contribution in [-0.2, 0) is 0 Å². The predicted octanol–water partition coefficient (Wildman–Crippen LogP) is 1.36. The van der Waals surface area contributed by atoms with Crippen LogP contribution in [0.5, 0.6) is 0 Å². The maximum Gasteiger partial charge on any atom is 0.133 e. The van der Waals surface area contributed by atoms with Crippen molar-refractivity contribution in [2.24, 2.45) is 11.8 Å². The summed E-state index contributed by atoms with van der Waals surface area (Å²) in [5.74, 6) is 1.13. The van der Waals surface area contributed by atoms with Crippen molar-refractivity contribution >= 4 is 11.8 Å². The molecule has 2 saturated carbocycles. The van der Waals surface area contributed by atoms with Crippen molar-refractivity contribution in [1.82, 2.24) is 0 Å². The molecule has 1 N–H and O–H groups in total. The molecule has 0 aromatic heterocycles. The van der Waals surface area contributed by atoms with Gasteiger partial charge in [-0.3, -0.25) is 0 Å². The molecule has 2 aliphatic rings. The summed E-state index contributed by atoms with van der Waals surface area (Å²) in [6, 6.07) is 0. The minimum Gasteiger partial charge on any atom is -0.393 e. The molecule has 4 unspecified atom stereocenters. The van der Waals surface area contributed by atoms with Gasteiger partial charge in [-0.05, 0) is 42.9 Å². The standard InChI is InChI=1S/C8H11NOS/c9-4-11-8-3-5-1-6(8)2-7(5)10/h5-8,10H,1-3H2. The van der Waals surface area contributed by atoms with E-state index < -0.39 is 0 Å². The van der Waals surface area contributed by atoms with Crippen LogP contribution in [0.25, 0.3) is 0 Å². The van der Waals surface area contributed by atoms with Gasteiger partial charge in [-0.2, -0.15) is 5.26 Å². The molecule has 2 bridgehead atoms. The van der Waals surface area contributed by atoms with Gasteiger partial charge in [0.25, 0.3) is 0 Å². The number of thioether (sulfide) groups is 1. The van der Waals surface area contributed by atoms with Crippen LogP contribution in [0.15, 0.2) is 0 Å². The van der Waals surface area contributed by atoms with Crippen molar-refractivity contribution < 1.29 is 5.11 Å². The number of nitriles is 1. The van der Waals surface area contributed by atoms with Gasteiger partial charge in [0.1, 0.15) is 5.40 Å². The third-order valence-electron chi connectivity index (χ3n) is 2.96. The molecule has 0 aliphatic heterocycles. The van der Waals surface area contributed by atoms with Crippen molar-refractivity contribution in [2.45, 2.75) is 30.6 Å². The summed E-state index contributed by atoms with van der Waals surface area (Å²) in [5, 5.41) is 20.6. The van der Waals surface area contributed by atoms with Gasteiger partial charge in [-0.15, -0.1) is 0 Å². The minimum absolute atomic E-state index is 0.0597. The summed E-state index contributed by atoms with van der Waals surface area (Å²) in [7, 11) is 0. The van der Waals surface area contributed by atoms with Gasteiger partial charge in [-0.25, -0.2) is 0 Å². The Balaban J connectivity index is 1.98. The highest BCUT2D eigenvalue weighted by Crippen LogP contribution is 2.49. The first-order valence-electron chi connectivity index (χ1n) is 4.04. The van der Waals surface area contributed by atoms with Crippen LogP contribution in [0, 0.1) is 22.5 Å². The molecule has 2 fully saturated rings. The van der Waals surface area contributed by atoms with Crippen molar-refractivity contribution in [3.05, 3.63) is 0 Å². The Morgan fingerprint density at radius 3 is 2.55 bits per heavy atom. The number of aliphatic hydroxyl groups excluding tert-OH is 1. The topological polar surface area (TPSA) is 44.0 Å². The van der Waals surface area contributed by atoms with E-state index in [-0.39, 0.29) is 6.10 Å². The Kier molecular flexibility index (Phi) is 1.82. The van der Waals surface area contributed by atoms with Gasteiger partial charge in [0, 0.05) is 5.25 Å². The van der Waals surface area contributed by atoms with Crippen LogP contribution in [0.3, 0.4) is 0 Å². The van der Waals surface area contributed by atoms with Crippen LogP contribution >= 0.6 is 11.8 Å². The van der Waals surface area contributed by atoms with Crippen molar-refractivity contribution in [1.29, 1.82) is 5.26 Å². The van der Waals surface area contributed by atoms with E-state index in [1.165, 1.54) is 11.8 Å². The second-order valence-corrected chi connectivity index (χ2v) is 4.57. The SMILES string of the molecule is N#CSC1CC2CC1CC2O. The third kappa shape index (κ3) is 1.15. The molecule has 0 heterocycles. The third-order valence-corrected chi connectivity index (χ3v) is 3.94. The molecule has 2 nitrogen and oxygen atoms in total. The van der Waals surface area contributed by atoms with E-state index in [2.05, 4.69) is 5.40 Å². The monoisotopic (exact) mass is 169 g/mol. The predicted molar refractivity (Wildman–Crippen MR) is 43.8 cm³/mol. The molecule has 3 heteroatoms. The fourth-order valence-electron chi connectivity index (χ4n) is 2.40. The van der Waals surface area contributed by atoms with E-state index >= 15 is 0 Å². The van der Waals surface area contributed by atoms with E-state index in [0.717, 1.165) is 19.3 Å². The maximum absolute atomic E-state index is 9.41. The number of nitrogens with zero attached hydrogens (tertiary/aromatic N) is 1. The average molecular weight is 169 g/mol. The number of aliphatic hydroxyl groups is 1. The summed E-state index contributed by atoms with van der Waals surface area (Å²) in [4.78, 5) is 0. The molecule has 4 atom stereocenters. The lowest BCUT2D eigenvalue weighted by Crippen LogP contribution is -2.22. The first-order chi connectivity index (χ1) is 5.31. The maximum atomic E-state index is 9.41. The summed E-state index contributed by atoms with van der Waals surface area (Å²) >= 11 is 1.40.